The monoisotopic (exact) mass is 371 g/mol. The molecule has 1 aliphatic rings. The molecule has 1 unspecified atom stereocenters. The van der Waals surface area contributed by atoms with E-state index in [9.17, 15) is 14.3 Å². The molecule has 2 N–H and O–H groups in total. The van der Waals surface area contributed by atoms with E-state index in [1.165, 1.54) is 23.5 Å². The number of amides is 1. The van der Waals surface area contributed by atoms with E-state index in [2.05, 4.69) is 5.32 Å². The van der Waals surface area contributed by atoms with Crippen molar-refractivity contribution in [2.75, 3.05) is 6.54 Å². The molecular weight excluding hydrogens is 353 g/mol. The van der Waals surface area contributed by atoms with E-state index < -0.39 is 11.5 Å². The number of hydrogen-bond acceptors (Lipinski definition) is 4. The highest BCUT2D eigenvalue weighted by Gasteiger charge is 2.51. The first kappa shape index (κ1) is 17.0. The van der Waals surface area contributed by atoms with Gasteiger partial charge in [-0.05, 0) is 48.7 Å². The molecule has 3 aromatic rings. The number of carbonyl (C=O) groups is 1. The molecule has 0 aliphatic heterocycles. The van der Waals surface area contributed by atoms with Crippen LogP contribution in [0.3, 0.4) is 0 Å². The van der Waals surface area contributed by atoms with Gasteiger partial charge < -0.3 is 14.8 Å². The topological polar surface area (TPSA) is 62.5 Å². The maximum atomic E-state index is 13.1. The van der Waals surface area contributed by atoms with Gasteiger partial charge in [0.2, 0.25) is 5.91 Å². The van der Waals surface area contributed by atoms with Crippen LogP contribution >= 0.6 is 11.3 Å². The second-order valence-electron chi connectivity index (χ2n) is 6.53. The molecule has 1 atom stereocenters. The number of hydrogen-bond donors (Lipinski definition) is 2. The van der Waals surface area contributed by atoms with E-state index >= 15 is 0 Å². The van der Waals surface area contributed by atoms with Gasteiger partial charge in [-0.3, -0.25) is 4.79 Å². The van der Waals surface area contributed by atoms with Gasteiger partial charge in [-0.15, -0.1) is 11.3 Å². The number of aliphatic hydroxyl groups is 1. The van der Waals surface area contributed by atoms with Crippen molar-refractivity contribution in [1.82, 2.24) is 5.32 Å². The third kappa shape index (κ3) is 3.18. The number of rotatable bonds is 6. The molecule has 2 heterocycles. The third-order valence-corrected chi connectivity index (χ3v) is 5.83. The molecule has 1 aromatic carbocycles. The molecular formula is C20H18FNO3S. The predicted molar refractivity (Wildman–Crippen MR) is 97.3 cm³/mol. The Kier molecular flexibility index (Phi) is 4.38. The number of furan rings is 1. The zero-order chi connectivity index (χ0) is 18.1. The van der Waals surface area contributed by atoms with Gasteiger partial charge in [0, 0.05) is 22.4 Å². The summed E-state index contributed by atoms with van der Waals surface area (Å²) >= 11 is 1.43. The molecule has 26 heavy (non-hydrogen) atoms. The molecule has 0 bridgehead atoms. The Morgan fingerprint density at radius 1 is 1.31 bits per heavy atom. The van der Waals surface area contributed by atoms with Gasteiger partial charge in [-0.1, -0.05) is 12.1 Å². The molecule has 134 valence electrons. The van der Waals surface area contributed by atoms with Gasteiger partial charge in [0.25, 0.3) is 0 Å². The quantitative estimate of drug-likeness (QED) is 0.688. The summed E-state index contributed by atoms with van der Waals surface area (Å²) in [6.45, 7) is 0.139. The lowest BCUT2D eigenvalue weighted by molar-refractivity contribution is -0.124. The van der Waals surface area contributed by atoms with Crippen molar-refractivity contribution in [3.63, 3.8) is 0 Å². The number of halogens is 1. The van der Waals surface area contributed by atoms with Crippen molar-refractivity contribution in [2.24, 2.45) is 0 Å². The van der Waals surface area contributed by atoms with Crippen molar-refractivity contribution in [1.29, 1.82) is 0 Å². The first-order valence-corrected chi connectivity index (χ1v) is 9.31. The van der Waals surface area contributed by atoms with Crippen LogP contribution in [-0.2, 0) is 10.2 Å². The largest absolute Gasteiger partial charge is 0.464 e. The SMILES string of the molecule is O=C(NCC(O)c1cc(-c2ccco2)cs1)C1(c2ccc(F)cc2)CC1. The van der Waals surface area contributed by atoms with Gasteiger partial charge >= 0.3 is 0 Å². The normalized spacial score (nSPS) is 16.2. The fourth-order valence-electron chi connectivity index (χ4n) is 3.10. The van der Waals surface area contributed by atoms with Gasteiger partial charge in [0.05, 0.1) is 11.7 Å². The Morgan fingerprint density at radius 2 is 2.08 bits per heavy atom. The second kappa shape index (κ2) is 6.70. The molecule has 0 radical (unpaired) electrons. The first-order chi connectivity index (χ1) is 12.6. The van der Waals surface area contributed by atoms with Crippen molar-refractivity contribution < 1.29 is 18.7 Å². The fraction of sp³-hybridized carbons (Fsp3) is 0.250. The van der Waals surface area contributed by atoms with Gasteiger partial charge in [-0.25, -0.2) is 4.39 Å². The summed E-state index contributed by atoms with van der Waals surface area (Å²) in [5.74, 6) is 0.313. The summed E-state index contributed by atoms with van der Waals surface area (Å²) in [6.07, 6.45) is 2.30. The average Bonchev–Trinajstić information content (AvgIpc) is 3.07. The fourth-order valence-corrected chi connectivity index (χ4v) is 3.98. The van der Waals surface area contributed by atoms with Crippen LogP contribution in [-0.4, -0.2) is 17.6 Å². The van der Waals surface area contributed by atoms with Crippen LogP contribution in [0, 0.1) is 5.82 Å². The minimum Gasteiger partial charge on any atom is -0.464 e. The number of carbonyl (C=O) groups excluding carboxylic acids is 1. The second-order valence-corrected chi connectivity index (χ2v) is 7.47. The summed E-state index contributed by atoms with van der Waals surface area (Å²) in [4.78, 5) is 13.4. The van der Waals surface area contributed by atoms with E-state index in [4.69, 9.17) is 4.42 Å². The number of nitrogens with one attached hydrogen (secondary N) is 1. The Balaban J connectivity index is 1.39. The molecule has 0 spiro atoms. The van der Waals surface area contributed by atoms with Crippen molar-refractivity contribution >= 4 is 17.2 Å². The smallest absolute Gasteiger partial charge is 0.230 e. The highest BCUT2D eigenvalue weighted by atomic mass is 32.1. The van der Waals surface area contributed by atoms with E-state index in [-0.39, 0.29) is 18.3 Å². The molecule has 4 rings (SSSR count). The van der Waals surface area contributed by atoms with E-state index in [0.717, 1.165) is 34.6 Å². The van der Waals surface area contributed by atoms with Crippen LogP contribution in [0.1, 0.15) is 29.4 Å². The number of thiophene rings is 1. The van der Waals surface area contributed by atoms with Crippen LogP contribution in [0.2, 0.25) is 0 Å². The van der Waals surface area contributed by atoms with Crippen LogP contribution in [0.15, 0.2) is 58.5 Å². The molecule has 1 fully saturated rings. The number of aliphatic hydroxyl groups excluding tert-OH is 1. The molecule has 0 saturated heterocycles. The average molecular weight is 371 g/mol. The highest BCUT2D eigenvalue weighted by Crippen LogP contribution is 2.48. The van der Waals surface area contributed by atoms with E-state index in [1.807, 2.05) is 23.6 Å². The molecule has 4 nitrogen and oxygen atoms in total. The van der Waals surface area contributed by atoms with E-state index in [1.54, 1.807) is 18.4 Å². The zero-order valence-corrected chi connectivity index (χ0v) is 14.8. The minimum atomic E-state index is -0.781. The molecule has 1 amide bonds. The van der Waals surface area contributed by atoms with Gasteiger partial charge in [0.15, 0.2) is 0 Å². The lowest BCUT2D eigenvalue weighted by Crippen LogP contribution is -2.37. The van der Waals surface area contributed by atoms with Gasteiger partial charge in [-0.2, -0.15) is 0 Å². The molecule has 1 saturated carbocycles. The summed E-state index contributed by atoms with van der Waals surface area (Å²) in [5, 5.41) is 15.1. The minimum absolute atomic E-state index is 0.119. The van der Waals surface area contributed by atoms with Crippen molar-refractivity contribution in [3.8, 4) is 11.3 Å². The molecule has 6 heteroatoms. The van der Waals surface area contributed by atoms with Crippen LogP contribution in [0.5, 0.6) is 0 Å². The van der Waals surface area contributed by atoms with Crippen molar-refractivity contribution in [3.05, 3.63) is 70.4 Å². The maximum Gasteiger partial charge on any atom is 0.230 e. The summed E-state index contributed by atoms with van der Waals surface area (Å²) in [7, 11) is 0. The van der Waals surface area contributed by atoms with E-state index in [0.29, 0.717) is 0 Å². The van der Waals surface area contributed by atoms with Crippen molar-refractivity contribution in [2.45, 2.75) is 24.4 Å². The Labute approximate surface area is 154 Å². The summed E-state index contributed by atoms with van der Waals surface area (Å²) in [6, 6.07) is 11.6. The van der Waals surface area contributed by atoms with Crippen LogP contribution in [0.25, 0.3) is 11.3 Å². The van der Waals surface area contributed by atoms with Crippen LogP contribution in [0.4, 0.5) is 4.39 Å². The summed E-state index contributed by atoms with van der Waals surface area (Å²) < 4.78 is 18.5. The predicted octanol–water partition coefficient (Wildman–Crippen LogP) is 4.03. The standard InChI is InChI=1S/C20H18FNO3S/c21-15-5-3-14(4-6-15)20(7-8-20)19(24)22-11-16(23)18-10-13(12-26-18)17-2-1-9-25-17/h1-6,9-10,12,16,23H,7-8,11H2,(H,22,24). The highest BCUT2D eigenvalue weighted by molar-refractivity contribution is 7.10. The summed E-state index contributed by atoms with van der Waals surface area (Å²) in [5.41, 5.74) is 1.15. The Bertz CT molecular complexity index is 898. The lowest BCUT2D eigenvalue weighted by Gasteiger charge is -2.17. The molecule has 1 aliphatic carbocycles. The Morgan fingerprint density at radius 3 is 2.73 bits per heavy atom. The Hall–Kier alpha value is -2.44. The third-order valence-electron chi connectivity index (χ3n) is 4.79. The lowest BCUT2D eigenvalue weighted by atomic mass is 9.95. The molecule has 2 aromatic heterocycles. The van der Waals surface area contributed by atoms with Crippen LogP contribution < -0.4 is 5.32 Å². The zero-order valence-electron chi connectivity index (χ0n) is 13.9. The first-order valence-electron chi connectivity index (χ1n) is 8.43. The van der Waals surface area contributed by atoms with Gasteiger partial charge in [0.1, 0.15) is 17.7 Å². The number of benzene rings is 1. The maximum absolute atomic E-state index is 13.1.